The van der Waals surface area contributed by atoms with Gasteiger partial charge >= 0.3 is 0 Å². The summed E-state index contributed by atoms with van der Waals surface area (Å²) >= 11 is 17.8. The third-order valence-corrected chi connectivity index (χ3v) is 3.87. The Hall–Kier alpha value is -1.75. The molecule has 1 aromatic heterocycles. The molecule has 7 heteroatoms. The lowest BCUT2D eigenvalue weighted by molar-refractivity contribution is 0.176. The summed E-state index contributed by atoms with van der Waals surface area (Å²) < 4.78 is 11.0. The maximum atomic E-state index is 6.09. The lowest BCUT2D eigenvalue weighted by Crippen LogP contribution is -2.03. The number of halogens is 3. The van der Waals surface area contributed by atoms with Crippen molar-refractivity contribution in [2.24, 2.45) is 0 Å². The van der Waals surface area contributed by atoms with Crippen LogP contribution in [-0.4, -0.2) is 10.1 Å². The molecule has 0 aliphatic heterocycles. The van der Waals surface area contributed by atoms with E-state index >= 15 is 0 Å². The lowest BCUT2D eigenvalue weighted by atomic mass is 10.2. The zero-order valence-corrected chi connectivity index (χ0v) is 14.2. The van der Waals surface area contributed by atoms with E-state index in [2.05, 4.69) is 10.1 Å². The van der Waals surface area contributed by atoms with Gasteiger partial charge in [0.15, 0.2) is 6.10 Å². The van der Waals surface area contributed by atoms with Gasteiger partial charge in [-0.15, -0.1) is 0 Å². The molecular weight excluding hydrogens is 359 g/mol. The summed E-state index contributed by atoms with van der Waals surface area (Å²) in [7, 11) is 0. The van der Waals surface area contributed by atoms with Gasteiger partial charge in [-0.2, -0.15) is 4.98 Å². The third kappa shape index (κ3) is 3.78. The molecule has 0 amide bonds. The van der Waals surface area contributed by atoms with Crippen LogP contribution >= 0.6 is 34.8 Å². The Morgan fingerprint density at radius 2 is 1.70 bits per heavy atom. The first kappa shape index (κ1) is 16.1. The van der Waals surface area contributed by atoms with E-state index in [1.807, 2.05) is 12.1 Å². The summed E-state index contributed by atoms with van der Waals surface area (Å²) in [6, 6.07) is 12.2. The molecule has 0 spiro atoms. The zero-order valence-electron chi connectivity index (χ0n) is 12.0. The van der Waals surface area contributed by atoms with Gasteiger partial charge in [-0.05, 0) is 49.4 Å². The second-order valence-electron chi connectivity index (χ2n) is 4.80. The maximum Gasteiger partial charge on any atom is 0.267 e. The lowest BCUT2D eigenvalue weighted by Gasteiger charge is -2.12. The van der Waals surface area contributed by atoms with E-state index in [-0.39, 0.29) is 0 Å². The maximum absolute atomic E-state index is 6.09. The number of nitrogens with zero attached hydrogens (tertiary/aromatic N) is 2. The molecule has 3 aromatic rings. The molecule has 23 heavy (non-hydrogen) atoms. The average molecular weight is 370 g/mol. The molecule has 1 unspecified atom stereocenters. The van der Waals surface area contributed by atoms with Crippen molar-refractivity contribution in [2.45, 2.75) is 13.0 Å². The second-order valence-corrected chi connectivity index (χ2v) is 6.08. The van der Waals surface area contributed by atoms with Crippen molar-refractivity contribution in [3.8, 4) is 17.1 Å². The molecule has 1 heterocycles. The highest BCUT2D eigenvalue weighted by Crippen LogP contribution is 2.31. The number of hydrogen-bond donors (Lipinski definition) is 0. The molecule has 0 fully saturated rings. The summed E-state index contributed by atoms with van der Waals surface area (Å²) in [5.74, 6) is 1.31. The molecule has 118 valence electrons. The molecule has 0 saturated heterocycles. The van der Waals surface area contributed by atoms with Crippen molar-refractivity contribution in [3.63, 3.8) is 0 Å². The first-order chi connectivity index (χ1) is 11.0. The molecule has 0 saturated carbocycles. The van der Waals surface area contributed by atoms with Crippen LogP contribution in [0.5, 0.6) is 5.75 Å². The zero-order chi connectivity index (χ0) is 16.4. The van der Waals surface area contributed by atoms with Crippen LogP contribution in [-0.2, 0) is 0 Å². The van der Waals surface area contributed by atoms with E-state index in [0.717, 1.165) is 5.56 Å². The Bertz CT molecular complexity index is 818. The normalized spacial score (nSPS) is 12.2. The molecule has 1 atom stereocenters. The quantitative estimate of drug-likeness (QED) is 0.580. The van der Waals surface area contributed by atoms with Crippen LogP contribution < -0.4 is 4.74 Å². The van der Waals surface area contributed by atoms with E-state index in [9.17, 15) is 0 Å². The Labute approximate surface area is 147 Å². The number of rotatable bonds is 4. The van der Waals surface area contributed by atoms with Crippen molar-refractivity contribution in [2.75, 3.05) is 0 Å². The monoisotopic (exact) mass is 368 g/mol. The number of aromatic nitrogens is 2. The van der Waals surface area contributed by atoms with Crippen LogP contribution in [0.1, 0.15) is 18.9 Å². The highest BCUT2D eigenvalue weighted by molar-refractivity contribution is 6.35. The van der Waals surface area contributed by atoms with Gasteiger partial charge in [0.05, 0.1) is 5.02 Å². The van der Waals surface area contributed by atoms with Crippen molar-refractivity contribution in [1.82, 2.24) is 10.1 Å². The largest absolute Gasteiger partial charge is 0.479 e. The van der Waals surface area contributed by atoms with Crippen LogP contribution in [0, 0.1) is 0 Å². The predicted octanol–water partition coefficient (Wildman–Crippen LogP) is 5.84. The van der Waals surface area contributed by atoms with E-state index in [4.69, 9.17) is 44.1 Å². The molecule has 0 bridgehead atoms. The van der Waals surface area contributed by atoms with Gasteiger partial charge in [0, 0.05) is 15.6 Å². The fraction of sp³-hybridized carbons (Fsp3) is 0.125. The Balaban J connectivity index is 1.78. The second kappa shape index (κ2) is 6.79. The fourth-order valence-electron chi connectivity index (χ4n) is 1.93. The fourth-order valence-corrected chi connectivity index (χ4v) is 2.51. The molecule has 4 nitrogen and oxygen atoms in total. The molecule has 0 aliphatic rings. The van der Waals surface area contributed by atoms with Crippen LogP contribution in [0.25, 0.3) is 11.4 Å². The smallest absolute Gasteiger partial charge is 0.267 e. The van der Waals surface area contributed by atoms with E-state index < -0.39 is 6.10 Å². The number of benzene rings is 2. The van der Waals surface area contributed by atoms with Gasteiger partial charge in [0.25, 0.3) is 5.89 Å². The summed E-state index contributed by atoms with van der Waals surface area (Å²) in [4.78, 5) is 4.34. The molecule has 2 aromatic carbocycles. The Morgan fingerprint density at radius 1 is 1.00 bits per heavy atom. The van der Waals surface area contributed by atoms with Crippen LogP contribution in [0.2, 0.25) is 15.1 Å². The van der Waals surface area contributed by atoms with Gasteiger partial charge in [-0.1, -0.05) is 40.0 Å². The van der Waals surface area contributed by atoms with Gasteiger partial charge in [-0.3, -0.25) is 0 Å². The first-order valence-corrected chi connectivity index (χ1v) is 7.87. The standard InChI is InChI=1S/C16H11Cl3N2O2/c1-9(22-14-7-6-12(18)8-13(14)19)16-20-15(21-23-16)10-2-4-11(17)5-3-10/h2-9H,1H3. The van der Waals surface area contributed by atoms with Crippen molar-refractivity contribution >= 4 is 34.8 Å². The molecule has 3 rings (SSSR count). The minimum Gasteiger partial charge on any atom is -0.479 e. The number of ether oxygens (including phenoxy) is 1. The Kier molecular flexibility index (Phi) is 4.76. The van der Waals surface area contributed by atoms with Crippen molar-refractivity contribution < 1.29 is 9.26 Å². The first-order valence-electron chi connectivity index (χ1n) is 6.74. The topological polar surface area (TPSA) is 48.2 Å². The molecular formula is C16H11Cl3N2O2. The highest BCUT2D eigenvalue weighted by Gasteiger charge is 2.18. The minimum absolute atomic E-state index is 0.348. The van der Waals surface area contributed by atoms with Gasteiger partial charge < -0.3 is 9.26 Å². The summed E-state index contributed by atoms with van der Waals surface area (Å²) in [6.07, 6.45) is -0.456. The predicted molar refractivity (Wildman–Crippen MR) is 90.2 cm³/mol. The SMILES string of the molecule is CC(Oc1ccc(Cl)cc1Cl)c1nc(-c2ccc(Cl)cc2)no1. The summed E-state index contributed by atoms with van der Waals surface area (Å²) in [5.41, 5.74) is 0.807. The molecule has 0 N–H and O–H groups in total. The molecule has 0 radical (unpaired) electrons. The van der Waals surface area contributed by atoms with Crippen molar-refractivity contribution in [3.05, 3.63) is 63.4 Å². The van der Waals surface area contributed by atoms with Crippen LogP contribution in [0.3, 0.4) is 0 Å². The summed E-state index contributed by atoms with van der Waals surface area (Å²) in [5, 5.41) is 5.55. The number of hydrogen-bond acceptors (Lipinski definition) is 4. The van der Waals surface area contributed by atoms with E-state index in [1.54, 1.807) is 37.3 Å². The Morgan fingerprint density at radius 3 is 2.39 bits per heavy atom. The third-order valence-electron chi connectivity index (χ3n) is 3.09. The minimum atomic E-state index is -0.456. The molecule has 0 aliphatic carbocycles. The van der Waals surface area contributed by atoms with Crippen molar-refractivity contribution in [1.29, 1.82) is 0 Å². The van der Waals surface area contributed by atoms with Crippen LogP contribution in [0.4, 0.5) is 0 Å². The average Bonchev–Trinajstić information content (AvgIpc) is 3.01. The van der Waals surface area contributed by atoms with Crippen LogP contribution in [0.15, 0.2) is 47.0 Å². The van der Waals surface area contributed by atoms with Gasteiger partial charge in [-0.25, -0.2) is 0 Å². The highest BCUT2D eigenvalue weighted by atomic mass is 35.5. The van der Waals surface area contributed by atoms with Gasteiger partial charge in [0.2, 0.25) is 5.82 Å². The van der Waals surface area contributed by atoms with Gasteiger partial charge in [0.1, 0.15) is 5.75 Å². The van der Waals surface area contributed by atoms with E-state index in [0.29, 0.717) is 32.5 Å². The van der Waals surface area contributed by atoms with E-state index in [1.165, 1.54) is 0 Å². The summed E-state index contributed by atoms with van der Waals surface area (Å²) in [6.45, 7) is 1.80.